The summed E-state index contributed by atoms with van der Waals surface area (Å²) in [5.74, 6) is 0. The van der Waals surface area contributed by atoms with E-state index in [0.29, 0.717) is 0 Å². The van der Waals surface area contributed by atoms with Crippen LogP contribution >= 0.6 is 54.5 Å². The normalized spacial score (nSPS) is 11.6. The van der Waals surface area contributed by atoms with E-state index in [1.54, 1.807) is 22.7 Å². The minimum absolute atomic E-state index is 1.20. The first-order chi connectivity index (χ1) is 6.74. The van der Waals surface area contributed by atoms with Gasteiger partial charge in [0.2, 0.25) is 0 Å². The van der Waals surface area contributed by atoms with Gasteiger partial charge < -0.3 is 0 Å². The zero-order chi connectivity index (χ0) is 9.71. The average Bonchev–Trinajstić information content (AvgIpc) is 2.65. The van der Waals surface area contributed by atoms with Crippen LogP contribution in [0.5, 0.6) is 0 Å². The van der Waals surface area contributed by atoms with Crippen LogP contribution in [0.15, 0.2) is 31.8 Å². The highest BCUT2D eigenvalue weighted by atomic mass is 79.9. The van der Waals surface area contributed by atoms with Crippen molar-refractivity contribution in [3.63, 3.8) is 0 Å². The standard InChI is InChI=1S/C10H4Br2S2/c11-9-3-5-6-4-10(12)14-8(6)2-1-7(5)13-9/h1-4H. The molecule has 0 unspecified atom stereocenters. The van der Waals surface area contributed by atoms with Crippen molar-refractivity contribution in [3.05, 3.63) is 31.8 Å². The number of hydrogen-bond donors (Lipinski definition) is 0. The molecule has 0 saturated carbocycles. The van der Waals surface area contributed by atoms with Crippen LogP contribution in [0.2, 0.25) is 0 Å². The maximum Gasteiger partial charge on any atom is 0.0711 e. The molecule has 3 aromatic rings. The first kappa shape index (κ1) is 9.33. The molecular weight excluding hydrogens is 344 g/mol. The van der Waals surface area contributed by atoms with Crippen LogP contribution in [0.3, 0.4) is 0 Å². The maximum absolute atomic E-state index is 3.53. The fourth-order valence-electron chi connectivity index (χ4n) is 1.57. The molecule has 3 rings (SSSR count). The molecule has 0 bridgehead atoms. The van der Waals surface area contributed by atoms with E-state index < -0.39 is 0 Å². The molecule has 0 spiro atoms. The second-order valence-corrected chi connectivity index (χ2v) is 7.92. The van der Waals surface area contributed by atoms with Crippen LogP contribution in [-0.4, -0.2) is 0 Å². The van der Waals surface area contributed by atoms with E-state index in [4.69, 9.17) is 0 Å². The Bertz CT molecular complexity index is 566. The molecule has 0 amide bonds. The second-order valence-electron chi connectivity index (χ2n) is 2.99. The Morgan fingerprint density at radius 2 is 1.21 bits per heavy atom. The van der Waals surface area contributed by atoms with Crippen molar-refractivity contribution >= 4 is 74.7 Å². The highest BCUT2D eigenvalue weighted by molar-refractivity contribution is 9.11. The molecule has 1 aromatic carbocycles. The van der Waals surface area contributed by atoms with Gasteiger partial charge in [0.15, 0.2) is 0 Å². The van der Waals surface area contributed by atoms with Crippen molar-refractivity contribution in [2.24, 2.45) is 0 Å². The summed E-state index contributed by atoms with van der Waals surface area (Å²) in [6.07, 6.45) is 0. The summed E-state index contributed by atoms with van der Waals surface area (Å²) in [6, 6.07) is 8.77. The number of benzene rings is 1. The van der Waals surface area contributed by atoms with Crippen molar-refractivity contribution in [2.75, 3.05) is 0 Å². The van der Waals surface area contributed by atoms with Crippen molar-refractivity contribution in [1.29, 1.82) is 0 Å². The van der Waals surface area contributed by atoms with Gasteiger partial charge in [0.1, 0.15) is 0 Å². The summed E-state index contributed by atoms with van der Waals surface area (Å²) < 4.78 is 5.08. The first-order valence-electron chi connectivity index (χ1n) is 4.01. The zero-order valence-corrected chi connectivity index (χ0v) is 11.7. The Hall–Kier alpha value is 0.1000. The van der Waals surface area contributed by atoms with Crippen LogP contribution in [-0.2, 0) is 0 Å². The average molecular weight is 348 g/mol. The van der Waals surface area contributed by atoms with Gasteiger partial charge in [-0.1, -0.05) is 0 Å². The van der Waals surface area contributed by atoms with Gasteiger partial charge in [-0.05, 0) is 56.1 Å². The smallest absolute Gasteiger partial charge is 0.0711 e. The Labute approximate surface area is 106 Å². The molecule has 4 heteroatoms. The quantitative estimate of drug-likeness (QED) is 0.493. The van der Waals surface area contributed by atoms with Gasteiger partial charge in [-0.15, -0.1) is 22.7 Å². The lowest BCUT2D eigenvalue weighted by Gasteiger charge is -1.90. The molecule has 0 saturated heterocycles. The molecule has 0 atom stereocenters. The summed E-state index contributed by atoms with van der Waals surface area (Å²) in [5, 5.41) is 2.70. The molecule has 14 heavy (non-hydrogen) atoms. The van der Waals surface area contributed by atoms with Crippen LogP contribution in [0.4, 0.5) is 0 Å². The van der Waals surface area contributed by atoms with Gasteiger partial charge in [0.25, 0.3) is 0 Å². The SMILES string of the molecule is Brc1cc2c(ccc3sc(Br)cc32)s1. The first-order valence-corrected chi connectivity index (χ1v) is 7.23. The molecule has 0 N–H and O–H groups in total. The van der Waals surface area contributed by atoms with E-state index in [1.165, 1.54) is 27.7 Å². The van der Waals surface area contributed by atoms with Crippen molar-refractivity contribution in [1.82, 2.24) is 0 Å². The van der Waals surface area contributed by atoms with Gasteiger partial charge in [0, 0.05) is 20.2 Å². The van der Waals surface area contributed by atoms with Crippen molar-refractivity contribution < 1.29 is 0 Å². The van der Waals surface area contributed by atoms with E-state index in [0.717, 1.165) is 0 Å². The molecule has 0 radical (unpaired) electrons. The van der Waals surface area contributed by atoms with Crippen LogP contribution < -0.4 is 0 Å². The fraction of sp³-hybridized carbons (Fsp3) is 0. The molecule has 0 fully saturated rings. The van der Waals surface area contributed by atoms with E-state index in [-0.39, 0.29) is 0 Å². The molecule has 0 aliphatic rings. The van der Waals surface area contributed by atoms with E-state index in [1.807, 2.05) is 0 Å². The highest BCUT2D eigenvalue weighted by Gasteiger charge is 2.06. The van der Waals surface area contributed by atoms with Crippen LogP contribution in [0.25, 0.3) is 20.2 Å². The third-order valence-corrected chi connectivity index (χ3v) is 5.34. The number of halogens is 2. The van der Waals surface area contributed by atoms with Gasteiger partial charge in [-0.2, -0.15) is 0 Å². The van der Waals surface area contributed by atoms with Crippen molar-refractivity contribution in [2.45, 2.75) is 0 Å². The lowest BCUT2D eigenvalue weighted by atomic mass is 10.2. The number of fused-ring (bicyclic) bond motifs is 3. The Morgan fingerprint density at radius 3 is 1.64 bits per heavy atom. The Morgan fingerprint density at radius 1 is 0.786 bits per heavy atom. The topological polar surface area (TPSA) is 0 Å². The molecule has 0 aliphatic carbocycles. The lowest BCUT2D eigenvalue weighted by molar-refractivity contribution is 2.00. The van der Waals surface area contributed by atoms with E-state index in [2.05, 4.69) is 56.1 Å². The van der Waals surface area contributed by atoms with Gasteiger partial charge in [-0.25, -0.2) is 0 Å². The minimum atomic E-state index is 1.20. The van der Waals surface area contributed by atoms with E-state index >= 15 is 0 Å². The Kier molecular flexibility index (Phi) is 2.20. The molecular formula is C10H4Br2S2. The summed E-state index contributed by atoms with van der Waals surface area (Å²) >= 11 is 10.6. The third-order valence-electron chi connectivity index (χ3n) is 2.14. The van der Waals surface area contributed by atoms with Crippen molar-refractivity contribution in [3.8, 4) is 0 Å². The summed E-state index contributed by atoms with van der Waals surface area (Å²) in [4.78, 5) is 0. The molecule has 0 aliphatic heterocycles. The van der Waals surface area contributed by atoms with E-state index in [9.17, 15) is 0 Å². The molecule has 0 nitrogen and oxygen atoms in total. The number of hydrogen-bond acceptors (Lipinski definition) is 2. The lowest BCUT2D eigenvalue weighted by Crippen LogP contribution is -1.63. The van der Waals surface area contributed by atoms with Gasteiger partial charge >= 0.3 is 0 Å². The maximum atomic E-state index is 3.53. The third kappa shape index (κ3) is 1.36. The Balaban J connectivity index is 2.58. The summed E-state index contributed by atoms with van der Waals surface area (Å²) in [7, 11) is 0. The fourth-order valence-corrected chi connectivity index (χ4v) is 4.68. The largest absolute Gasteiger partial charge is 0.128 e. The predicted octanol–water partition coefficient (Wildman–Crippen LogP) is 5.64. The predicted molar refractivity (Wildman–Crippen MR) is 72.6 cm³/mol. The zero-order valence-electron chi connectivity index (χ0n) is 6.88. The monoisotopic (exact) mass is 346 g/mol. The van der Waals surface area contributed by atoms with Crippen LogP contribution in [0.1, 0.15) is 0 Å². The highest BCUT2D eigenvalue weighted by Crippen LogP contribution is 2.39. The van der Waals surface area contributed by atoms with Gasteiger partial charge in [0.05, 0.1) is 7.57 Å². The molecule has 2 heterocycles. The van der Waals surface area contributed by atoms with Crippen LogP contribution in [0, 0.1) is 0 Å². The molecule has 2 aromatic heterocycles. The number of rotatable bonds is 0. The second kappa shape index (κ2) is 3.30. The minimum Gasteiger partial charge on any atom is -0.128 e. The summed E-state index contributed by atoms with van der Waals surface area (Å²) in [6.45, 7) is 0. The summed E-state index contributed by atoms with van der Waals surface area (Å²) in [5.41, 5.74) is 0. The molecule has 70 valence electrons. The number of thiophene rings is 2. The van der Waals surface area contributed by atoms with Gasteiger partial charge in [-0.3, -0.25) is 0 Å².